The summed E-state index contributed by atoms with van der Waals surface area (Å²) in [4.78, 5) is 39.2. The average molecular weight is 400 g/mol. The van der Waals surface area contributed by atoms with Gasteiger partial charge in [0.1, 0.15) is 0 Å². The first-order chi connectivity index (χ1) is 14.1. The second-order valence-corrected chi connectivity index (χ2v) is 6.65. The van der Waals surface area contributed by atoms with Crippen molar-refractivity contribution in [2.24, 2.45) is 0 Å². The van der Waals surface area contributed by atoms with Gasteiger partial charge in [-0.3, -0.25) is 9.59 Å². The molecule has 0 saturated carbocycles. The highest BCUT2D eigenvalue weighted by atomic mass is 16.7. The molecule has 5 nitrogen and oxygen atoms in total. The fourth-order valence-corrected chi connectivity index (χ4v) is 2.54. The van der Waals surface area contributed by atoms with Crippen LogP contribution >= 0.6 is 0 Å². The van der Waals surface area contributed by atoms with Gasteiger partial charge in [0.15, 0.2) is 0 Å². The van der Waals surface area contributed by atoms with Gasteiger partial charge in [-0.1, -0.05) is 67.7 Å². The zero-order chi connectivity index (χ0) is 21.2. The second-order valence-electron chi connectivity index (χ2n) is 6.65. The van der Waals surface area contributed by atoms with E-state index >= 15 is 0 Å². The van der Waals surface area contributed by atoms with E-state index in [1.165, 1.54) is 0 Å². The Kier molecular flexibility index (Phi) is 13.7. The Hall–Kier alpha value is -2.69. The van der Waals surface area contributed by atoms with Crippen molar-refractivity contribution in [1.29, 1.82) is 0 Å². The maximum atomic E-state index is 11.6. The van der Waals surface area contributed by atoms with Crippen LogP contribution < -0.4 is 0 Å². The van der Waals surface area contributed by atoms with Crippen LogP contribution in [0.1, 0.15) is 71.1 Å². The average Bonchev–Trinajstić information content (AvgIpc) is 3.02. The normalized spacial score (nSPS) is 15.4. The highest BCUT2D eigenvalue weighted by Crippen LogP contribution is 2.13. The highest BCUT2D eigenvalue weighted by Gasteiger charge is 2.32. The molecule has 1 heterocycles. The maximum Gasteiger partial charge on any atom is 0.333 e. The number of amides is 2. The van der Waals surface area contributed by atoms with Crippen LogP contribution in [-0.2, 0) is 19.2 Å². The van der Waals surface area contributed by atoms with E-state index in [9.17, 15) is 14.4 Å². The summed E-state index contributed by atoms with van der Waals surface area (Å²) in [7, 11) is 0. The van der Waals surface area contributed by atoms with Gasteiger partial charge in [-0.2, -0.15) is 0 Å². The van der Waals surface area contributed by atoms with Gasteiger partial charge in [0.05, 0.1) is 0 Å². The molecule has 1 rings (SSSR count). The molecule has 1 saturated heterocycles. The molecule has 1 aliphatic rings. The van der Waals surface area contributed by atoms with Crippen LogP contribution in [-0.4, -0.2) is 22.8 Å². The summed E-state index contributed by atoms with van der Waals surface area (Å²) in [5.41, 5.74) is 0. The number of unbranched alkanes of at least 4 members (excludes halogenated alkanes) is 1. The van der Waals surface area contributed by atoms with Gasteiger partial charge in [0.2, 0.25) is 0 Å². The standard InChI is InChI=1S/C24H33NO4/c1-2-3-4-5-6-7-8-9-10-11-12-13-14-15-16-17-18-19-24(28)29-25-22(26)20-21-23(25)27/h3-4,6-7,9-10,12-13,15-16H,2,5,8,11,14,17-21H2,1H3/b4-3-,7-6-,10-9-,13-12-,16-15-. The lowest BCUT2D eigenvalue weighted by molar-refractivity contribution is -0.197. The predicted molar refractivity (Wildman–Crippen MR) is 115 cm³/mol. The first-order valence-corrected chi connectivity index (χ1v) is 10.5. The van der Waals surface area contributed by atoms with E-state index in [1.54, 1.807) is 0 Å². The number of carbonyl (C=O) groups is 3. The number of hydrogen-bond donors (Lipinski definition) is 0. The maximum absolute atomic E-state index is 11.6. The summed E-state index contributed by atoms with van der Waals surface area (Å²) in [6.07, 6.45) is 28.0. The topological polar surface area (TPSA) is 63.7 Å². The molecule has 29 heavy (non-hydrogen) atoms. The molecule has 2 amide bonds. The predicted octanol–water partition coefficient (Wildman–Crippen LogP) is 5.52. The van der Waals surface area contributed by atoms with Crippen molar-refractivity contribution in [3.8, 4) is 0 Å². The molecule has 0 radical (unpaired) electrons. The van der Waals surface area contributed by atoms with Crippen LogP contribution in [0.2, 0.25) is 0 Å². The number of rotatable bonds is 14. The summed E-state index contributed by atoms with van der Waals surface area (Å²) in [6.45, 7) is 2.14. The van der Waals surface area contributed by atoms with Crippen LogP contribution in [0, 0.1) is 0 Å². The summed E-state index contributed by atoms with van der Waals surface area (Å²) >= 11 is 0. The van der Waals surface area contributed by atoms with Gasteiger partial charge in [0, 0.05) is 19.3 Å². The Morgan fingerprint density at radius 2 is 1.24 bits per heavy atom. The molecule has 0 atom stereocenters. The molecule has 0 N–H and O–H groups in total. The Morgan fingerprint density at radius 3 is 1.72 bits per heavy atom. The summed E-state index contributed by atoms with van der Waals surface area (Å²) in [5.74, 6) is -1.43. The number of hydrogen-bond acceptors (Lipinski definition) is 4. The molecule has 0 aliphatic carbocycles. The molecule has 0 bridgehead atoms. The smallest absolute Gasteiger partial charge is 0.330 e. The molecule has 0 spiro atoms. The Bertz CT molecular complexity index is 640. The van der Waals surface area contributed by atoms with Gasteiger partial charge in [0.25, 0.3) is 11.8 Å². The van der Waals surface area contributed by atoms with Crippen molar-refractivity contribution in [1.82, 2.24) is 5.06 Å². The minimum absolute atomic E-state index is 0.117. The van der Waals surface area contributed by atoms with Crippen LogP contribution in [0.25, 0.3) is 0 Å². The van der Waals surface area contributed by atoms with Gasteiger partial charge in [-0.25, -0.2) is 4.79 Å². The Balaban J connectivity index is 1.99. The number of hydroxylamine groups is 2. The van der Waals surface area contributed by atoms with Crippen LogP contribution in [0.5, 0.6) is 0 Å². The van der Waals surface area contributed by atoms with Crippen LogP contribution in [0.4, 0.5) is 0 Å². The van der Waals surface area contributed by atoms with Crippen molar-refractivity contribution in [2.75, 3.05) is 0 Å². The highest BCUT2D eigenvalue weighted by molar-refractivity contribution is 6.01. The van der Waals surface area contributed by atoms with Crippen molar-refractivity contribution < 1.29 is 19.2 Å². The number of carbonyl (C=O) groups excluding carboxylic acids is 3. The number of imide groups is 1. The van der Waals surface area contributed by atoms with Crippen molar-refractivity contribution in [3.63, 3.8) is 0 Å². The minimum Gasteiger partial charge on any atom is -0.330 e. The summed E-state index contributed by atoms with van der Waals surface area (Å²) in [5, 5.41) is 0.596. The van der Waals surface area contributed by atoms with Crippen molar-refractivity contribution >= 4 is 17.8 Å². The monoisotopic (exact) mass is 399 g/mol. The fraction of sp³-hybridized carbons (Fsp3) is 0.458. The molecule has 0 aromatic carbocycles. The largest absolute Gasteiger partial charge is 0.333 e. The lowest BCUT2D eigenvalue weighted by atomic mass is 10.2. The first-order valence-electron chi connectivity index (χ1n) is 10.5. The third kappa shape index (κ3) is 12.4. The Labute approximate surface area is 174 Å². The molecule has 1 aliphatic heterocycles. The van der Waals surface area contributed by atoms with Crippen LogP contribution in [0.15, 0.2) is 60.8 Å². The zero-order valence-electron chi connectivity index (χ0n) is 17.4. The molecule has 1 fully saturated rings. The fourth-order valence-electron chi connectivity index (χ4n) is 2.54. The van der Waals surface area contributed by atoms with Gasteiger partial charge >= 0.3 is 5.97 Å². The Morgan fingerprint density at radius 1 is 0.793 bits per heavy atom. The van der Waals surface area contributed by atoms with Crippen molar-refractivity contribution in [3.05, 3.63) is 60.8 Å². The summed E-state index contributed by atoms with van der Waals surface area (Å²) < 4.78 is 0. The lowest BCUT2D eigenvalue weighted by Gasteiger charge is -2.11. The molecule has 5 heteroatoms. The minimum atomic E-state index is -0.541. The number of allylic oxidation sites excluding steroid dienone is 10. The summed E-state index contributed by atoms with van der Waals surface area (Å²) in [6, 6.07) is 0. The van der Waals surface area contributed by atoms with Gasteiger partial charge in [-0.05, 0) is 44.9 Å². The molecular formula is C24H33NO4. The second kappa shape index (κ2) is 16.3. The van der Waals surface area contributed by atoms with E-state index in [0.717, 1.165) is 38.5 Å². The lowest BCUT2D eigenvalue weighted by Crippen LogP contribution is -2.31. The van der Waals surface area contributed by atoms with E-state index in [2.05, 4.69) is 61.6 Å². The zero-order valence-corrected chi connectivity index (χ0v) is 17.4. The van der Waals surface area contributed by atoms with E-state index < -0.39 is 17.8 Å². The third-order valence-corrected chi connectivity index (χ3v) is 4.11. The third-order valence-electron chi connectivity index (χ3n) is 4.11. The molecule has 158 valence electrons. The molecule has 0 unspecified atom stereocenters. The molecular weight excluding hydrogens is 366 g/mol. The van der Waals surface area contributed by atoms with E-state index in [4.69, 9.17) is 4.84 Å². The van der Waals surface area contributed by atoms with Crippen molar-refractivity contribution in [2.45, 2.75) is 71.1 Å². The quantitative estimate of drug-likeness (QED) is 0.219. The first kappa shape index (κ1) is 24.3. The van der Waals surface area contributed by atoms with Crippen LogP contribution in [0.3, 0.4) is 0 Å². The molecule has 0 aromatic rings. The van der Waals surface area contributed by atoms with Gasteiger partial charge < -0.3 is 4.84 Å². The van der Waals surface area contributed by atoms with E-state index in [-0.39, 0.29) is 19.3 Å². The van der Waals surface area contributed by atoms with E-state index in [1.807, 2.05) is 6.08 Å². The SMILES string of the molecule is CC/C=C\C/C=C\C/C=C\C/C=C\C/C=C\CCCC(=O)ON1C(=O)CCC1=O. The van der Waals surface area contributed by atoms with Gasteiger partial charge in [-0.15, -0.1) is 5.06 Å². The van der Waals surface area contributed by atoms with E-state index in [0.29, 0.717) is 11.5 Å². The number of nitrogens with zero attached hydrogens (tertiary/aromatic N) is 1. The molecule has 0 aromatic heterocycles.